The molecule has 2 nitrogen and oxygen atoms in total. The number of piperazine rings is 1. The monoisotopic (exact) mass is 240 g/mol. The van der Waals surface area contributed by atoms with Crippen molar-refractivity contribution in [2.24, 2.45) is 0 Å². The highest BCUT2D eigenvalue weighted by atomic mass is 15.2. The van der Waals surface area contributed by atoms with Crippen LogP contribution in [0.3, 0.4) is 0 Å². The van der Waals surface area contributed by atoms with Crippen LogP contribution < -0.4 is 5.32 Å². The summed E-state index contributed by atoms with van der Waals surface area (Å²) in [5.74, 6) is 0. The SMILES string of the molecule is CCCCCCC(C)N1CC(CC)NCC1C. The number of hydrogen-bond donors (Lipinski definition) is 1. The Hall–Kier alpha value is -0.0800. The van der Waals surface area contributed by atoms with Crippen molar-refractivity contribution >= 4 is 0 Å². The van der Waals surface area contributed by atoms with Crippen LogP contribution in [0.5, 0.6) is 0 Å². The van der Waals surface area contributed by atoms with Gasteiger partial charge in [-0.05, 0) is 26.7 Å². The molecule has 0 aromatic rings. The summed E-state index contributed by atoms with van der Waals surface area (Å²) in [6.07, 6.45) is 8.20. The molecule has 1 N–H and O–H groups in total. The molecular formula is C15H32N2. The number of hydrogen-bond acceptors (Lipinski definition) is 2. The first-order valence-electron chi connectivity index (χ1n) is 7.68. The molecule has 0 spiro atoms. The molecule has 0 saturated carbocycles. The minimum atomic E-state index is 0.707. The zero-order chi connectivity index (χ0) is 12.7. The first-order valence-corrected chi connectivity index (χ1v) is 7.68. The maximum atomic E-state index is 3.64. The van der Waals surface area contributed by atoms with Crippen LogP contribution in [-0.2, 0) is 0 Å². The largest absolute Gasteiger partial charge is 0.311 e. The maximum Gasteiger partial charge on any atom is 0.0195 e. The standard InChI is InChI=1S/C15H32N2/c1-5-7-8-9-10-13(3)17-12-15(6-2)16-11-14(17)4/h13-16H,5-12H2,1-4H3. The topological polar surface area (TPSA) is 15.3 Å². The molecule has 0 aromatic heterocycles. The summed E-state index contributed by atoms with van der Waals surface area (Å²) in [5, 5.41) is 3.64. The summed E-state index contributed by atoms with van der Waals surface area (Å²) < 4.78 is 0. The van der Waals surface area contributed by atoms with Gasteiger partial charge in [-0.25, -0.2) is 0 Å². The minimum Gasteiger partial charge on any atom is -0.311 e. The molecule has 1 heterocycles. The fourth-order valence-electron chi connectivity index (χ4n) is 2.87. The van der Waals surface area contributed by atoms with Crippen molar-refractivity contribution < 1.29 is 0 Å². The van der Waals surface area contributed by atoms with E-state index in [9.17, 15) is 0 Å². The lowest BCUT2D eigenvalue weighted by Crippen LogP contribution is -2.57. The maximum absolute atomic E-state index is 3.64. The molecule has 1 rings (SSSR count). The Morgan fingerprint density at radius 1 is 1.24 bits per heavy atom. The van der Waals surface area contributed by atoms with Gasteiger partial charge in [-0.3, -0.25) is 4.90 Å². The first kappa shape index (κ1) is 15.0. The fourth-order valence-corrected chi connectivity index (χ4v) is 2.87. The second-order valence-corrected chi connectivity index (χ2v) is 5.76. The van der Waals surface area contributed by atoms with Gasteiger partial charge >= 0.3 is 0 Å². The normalized spacial score (nSPS) is 28.2. The van der Waals surface area contributed by atoms with Gasteiger partial charge in [0.05, 0.1) is 0 Å². The highest BCUT2D eigenvalue weighted by Crippen LogP contribution is 2.17. The van der Waals surface area contributed by atoms with Crippen LogP contribution >= 0.6 is 0 Å². The predicted molar refractivity (Wildman–Crippen MR) is 76.5 cm³/mol. The van der Waals surface area contributed by atoms with Crippen LogP contribution in [0.1, 0.15) is 66.2 Å². The van der Waals surface area contributed by atoms with Crippen LogP contribution in [0.2, 0.25) is 0 Å². The van der Waals surface area contributed by atoms with Crippen LogP contribution in [-0.4, -0.2) is 36.1 Å². The van der Waals surface area contributed by atoms with E-state index in [1.165, 1.54) is 45.1 Å². The Morgan fingerprint density at radius 2 is 2.00 bits per heavy atom. The van der Waals surface area contributed by atoms with Crippen LogP contribution in [0.25, 0.3) is 0 Å². The molecule has 1 fully saturated rings. The molecule has 0 aliphatic carbocycles. The third-order valence-electron chi connectivity index (χ3n) is 4.23. The van der Waals surface area contributed by atoms with E-state index >= 15 is 0 Å². The summed E-state index contributed by atoms with van der Waals surface area (Å²) in [5.41, 5.74) is 0. The molecule has 0 amide bonds. The zero-order valence-corrected chi connectivity index (χ0v) is 12.3. The number of unbranched alkanes of at least 4 members (excludes halogenated alkanes) is 3. The fraction of sp³-hybridized carbons (Fsp3) is 1.00. The molecule has 1 saturated heterocycles. The van der Waals surface area contributed by atoms with E-state index in [4.69, 9.17) is 0 Å². The van der Waals surface area contributed by atoms with E-state index in [1.807, 2.05) is 0 Å². The van der Waals surface area contributed by atoms with Crippen molar-refractivity contribution in [3.63, 3.8) is 0 Å². The Kier molecular flexibility index (Phi) is 7.14. The molecular weight excluding hydrogens is 208 g/mol. The molecule has 0 aromatic carbocycles. The molecule has 102 valence electrons. The van der Waals surface area contributed by atoms with Crippen molar-refractivity contribution in [3.05, 3.63) is 0 Å². The smallest absolute Gasteiger partial charge is 0.0195 e. The number of nitrogens with one attached hydrogen (secondary N) is 1. The van der Waals surface area contributed by atoms with Crippen molar-refractivity contribution in [2.75, 3.05) is 13.1 Å². The van der Waals surface area contributed by atoms with Gasteiger partial charge in [-0.1, -0.05) is 39.5 Å². The molecule has 1 aliphatic rings. The molecule has 3 atom stereocenters. The molecule has 1 aliphatic heterocycles. The Bertz CT molecular complexity index is 193. The average molecular weight is 240 g/mol. The van der Waals surface area contributed by atoms with Gasteiger partial charge in [0, 0.05) is 31.2 Å². The van der Waals surface area contributed by atoms with Crippen LogP contribution in [0, 0.1) is 0 Å². The number of rotatable bonds is 7. The summed E-state index contributed by atoms with van der Waals surface area (Å²) in [6.45, 7) is 11.8. The van der Waals surface area contributed by atoms with E-state index in [2.05, 4.69) is 37.9 Å². The number of nitrogens with zero attached hydrogens (tertiary/aromatic N) is 1. The third-order valence-corrected chi connectivity index (χ3v) is 4.23. The van der Waals surface area contributed by atoms with Gasteiger partial charge in [-0.2, -0.15) is 0 Å². The summed E-state index contributed by atoms with van der Waals surface area (Å²) in [6, 6.07) is 2.18. The van der Waals surface area contributed by atoms with Gasteiger partial charge < -0.3 is 5.32 Å². The predicted octanol–water partition coefficient (Wildman–Crippen LogP) is 3.42. The van der Waals surface area contributed by atoms with Gasteiger partial charge in [0.2, 0.25) is 0 Å². The molecule has 0 radical (unpaired) electrons. The summed E-state index contributed by atoms with van der Waals surface area (Å²) >= 11 is 0. The zero-order valence-electron chi connectivity index (χ0n) is 12.3. The quantitative estimate of drug-likeness (QED) is 0.686. The molecule has 3 unspecified atom stereocenters. The first-order chi connectivity index (χ1) is 8.19. The lowest BCUT2D eigenvalue weighted by Gasteiger charge is -2.42. The molecule has 2 heteroatoms. The van der Waals surface area contributed by atoms with Crippen LogP contribution in [0.15, 0.2) is 0 Å². The average Bonchev–Trinajstić information content (AvgIpc) is 2.35. The van der Waals surface area contributed by atoms with E-state index in [0.717, 1.165) is 12.6 Å². The van der Waals surface area contributed by atoms with Crippen molar-refractivity contribution in [2.45, 2.75) is 84.3 Å². The van der Waals surface area contributed by atoms with Crippen molar-refractivity contribution in [1.82, 2.24) is 10.2 Å². The van der Waals surface area contributed by atoms with Gasteiger partial charge in [-0.15, -0.1) is 0 Å². The Balaban J connectivity index is 2.29. The van der Waals surface area contributed by atoms with Gasteiger partial charge in [0.25, 0.3) is 0 Å². The van der Waals surface area contributed by atoms with Crippen molar-refractivity contribution in [1.29, 1.82) is 0 Å². The Morgan fingerprint density at radius 3 is 2.65 bits per heavy atom. The lowest BCUT2D eigenvalue weighted by molar-refractivity contribution is 0.0917. The van der Waals surface area contributed by atoms with Gasteiger partial charge in [0.15, 0.2) is 0 Å². The van der Waals surface area contributed by atoms with E-state index in [-0.39, 0.29) is 0 Å². The molecule has 0 bridgehead atoms. The van der Waals surface area contributed by atoms with E-state index < -0.39 is 0 Å². The van der Waals surface area contributed by atoms with E-state index in [1.54, 1.807) is 0 Å². The van der Waals surface area contributed by atoms with Crippen molar-refractivity contribution in [3.8, 4) is 0 Å². The second kappa shape index (κ2) is 8.10. The highest BCUT2D eigenvalue weighted by molar-refractivity contribution is 4.85. The summed E-state index contributed by atoms with van der Waals surface area (Å²) in [4.78, 5) is 2.72. The minimum absolute atomic E-state index is 0.707. The molecule has 17 heavy (non-hydrogen) atoms. The Labute approximate surface area is 108 Å². The van der Waals surface area contributed by atoms with Gasteiger partial charge in [0.1, 0.15) is 0 Å². The van der Waals surface area contributed by atoms with Crippen LogP contribution in [0.4, 0.5) is 0 Å². The highest BCUT2D eigenvalue weighted by Gasteiger charge is 2.26. The summed E-state index contributed by atoms with van der Waals surface area (Å²) in [7, 11) is 0. The lowest BCUT2D eigenvalue weighted by atomic mass is 10.0. The second-order valence-electron chi connectivity index (χ2n) is 5.76. The van der Waals surface area contributed by atoms with E-state index in [0.29, 0.717) is 12.1 Å². The third kappa shape index (κ3) is 4.97.